The Morgan fingerprint density at radius 2 is 1.97 bits per heavy atom. The van der Waals surface area contributed by atoms with Crippen LogP contribution in [0.15, 0.2) is 53.4 Å². The molecular formula is C25H25N3O3. The van der Waals surface area contributed by atoms with Crippen molar-refractivity contribution in [3.8, 4) is 34.1 Å². The molecule has 6 nitrogen and oxygen atoms in total. The number of methoxy groups -OCH3 is 1. The van der Waals surface area contributed by atoms with Gasteiger partial charge in [-0.15, -0.1) is 0 Å². The molecule has 0 radical (unpaired) electrons. The predicted molar refractivity (Wildman–Crippen MR) is 118 cm³/mol. The van der Waals surface area contributed by atoms with Crippen LogP contribution < -0.4 is 9.84 Å². The van der Waals surface area contributed by atoms with E-state index < -0.39 is 0 Å². The van der Waals surface area contributed by atoms with E-state index in [1.165, 1.54) is 17.5 Å². The van der Waals surface area contributed by atoms with E-state index in [0.717, 1.165) is 22.9 Å². The summed E-state index contributed by atoms with van der Waals surface area (Å²) in [6.45, 7) is 0. The molecule has 1 aliphatic carbocycles. The van der Waals surface area contributed by atoms with Crippen molar-refractivity contribution < 1.29 is 18.7 Å². The zero-order valence-corrected chi connectivity index (χ0v) is 18.2. The van der Waals surface area contributed by atoms with Gasteiger partial charge in [-0.25, -0.2) is 9.97 Å². The number of fused-ring (bicyclic) bond motifs is 2. The van der Waals surface area contributed by atoms with Gasteiger partial charge in [0.05, 0.1) is 51.2 Å². The number of aromatic nitrogens is 2. The van der Waals surface area contributed by atoms with Crippen molar-refractivity contribution >= 4 is 10.9 Å². The molecule has 1 unspecified atom stereocenters. The van der Waals surface area contributed by atoms with Gasteiger partial charge in [0.15, 0.2) is 12.2 Å². The van der Waals surface area contributed by atoms with Crippen molar-refractivity contribution in [2.75, 3.05) is 28.3 Å². The summed E-state index contributed by atoms with van der Waals surface area (Å²) >= 11 is 0. The highest BCUT2D eigenvalue weighted by atomic mass is 16.5. The van der Waals surface area contributed by atoms with Gasteiger partial charge in [-0.1, -0.05) is 17.9 Å². The van der Waals surface area contributed by atoms with Crippen LogP contribution in [-0.2, 0) is 6.42 Å². The molecule has 6 heteroatoms. The zero-order chi connectivity index (χ0) is 21.8. The van der Waals surface area contributed by atoms with Crippen molar-refractivity contribution in [1.29, 1.82) is 0 Å². The fourth-order valence-corrected chi connectivity index (χ4v) is 4.63. The number of hydrogen-bond acceptors (Lipinski definition) is 5. The van der Waals surface area contributed by atoms with E-state index in [-0.39, 0.29) is 5.75 Å². The van der Waals surface area contributed by atoms with Gasteiger partial charge in [-0.05, 0) is 35.6 Å². The molecule has 0 spiro atoms. The van der Waals surface area contributed by atoms with Gasteiger partial charge in [0.1, 0.15) is 11.8 Å². The normalized spacial score (nSPS) is 15.9. The average Bonchev–Trinajstić information content (AvgIpc) is 3.42. The molecular weight excluding hydrogens is 390 g/mol. The standard InChI is InChI=1S/C25H25N3O3/c1-28(2,3)22-8-7-15-5-6-16(9-17(15)22)20-11-23(29)18-10-19(25-13-26-14-31-25)24(30-4)12-21(18)27-20/h5-6,9-14,22H,7-8H2,1-4H3. The number of quaternary nitrogens is 1. The lowest BCUT2D eigenvalue weighted by molar-refractivity contribution is -0.901. The molecule has 0 saturated carbocycles. The van der Waals surface area contributed by atoms with Crippen molar-refractivity contribution in [2.24, 2.45) is 0 Å². The Labute approximate surface area is 181 Å². The van der Waals surface area contributed by atoms with Gasteiger partial charge in [-0.2, -0.15) is 0 Å². The van der Waals surface area contributed by atoms with Crippen LogP contribution in [0.4, 0.5) is 0 Å². The summed E-state index contributed by atoms with van der Waals surface area (Å²) in [5, 5.41) is 13.6. The second-order valence-electron chi connectivity index (χ2n) is 9.03. The molecule has 0 bridgehead atoms. The zero-order valence-electron chi connectivity index (χ0n) is 18.2. The molecule has 0 fully saturated rings. The van der Waals surface area contributed by atoms with Crippen molar-refractivity contribution in [3.63, 3.8) is 0 Å². The molecule has 0 aliphatic heterocycles. The first kappa shape index (κ1) is 19.6. The summed E-state index contributed by atoms with van der Waals surface area (Å²) in [7, 11) is 8.28. The highest BCUT2D eigenvalue weighted by Crippen LogP contribution is 2.41. The lowest BCUT2D eigenvalue weighted by Crippen LogP contribution is -2.37. The third kappa shape index (κ3) is 3.33. The number of nitrogens with zero attached hydrogens (tertiary/aromatic N) is 3. The minimum absolute atomic E-state index is 0.0768. The van der Waals surface area contributed by atoms with Crippen LogP contribution in [0.5, 0.6) is 11.5 Å². The van der Waals surface area contributed by atoms with Gasteiger partial charge in [-0.3, -0.25) is 0 Å². The average molecular weight is 415 g/mol. The summed E-state index contributed by atoms with van der Waals surface area (Å²) in [5.41, 5.74) is 5.69. The molecule has 0 saturated heterocycles. The van der Waals surface area contributed by atoms with E-state index in [2.05, 4.69) is 44.3 Å². The van der Waals surface area contributed by atoms with Crippen LogP contribution in [0, 0.1) is 0 Å². The number of rotatable bonds is 4. The van der Waals surface area contributed by atoms with Gasteiger partial charge in [0.25, 0.3) is 0 Å². The largest absolute Gasteiger partial charge is 0.872 e. The van der Waals surface area contributed by atoms with Crippen molar-refractivity contribution in [3.05, 3.63) is 60.1 Å². The van der Waals surface area contributed by atoms with E-state index in [9.17, 15) is 5.11 Å². The van der Waals surface area contributed by atoms with Crippen molar-refractivity contribution in [1.82, 2.24) is 9.97 Å². The summed E-state index contributed by atoms with van der Waals surface area (Å²) in [4.78, 5) is 8.78. The first-order valence-corrected chi connectivity index (χ1v) is 10.4. The van der Waals surface area contributed by atoms with Gasteiger partial charge in [0.2, 0.25) is 0 Å². The molecule has 2 aromatic heterocycles. The van der Waals surface area contributed by atoms with E-state index >= 15 is 0 Å². The second kappa shape index (κ2) is 7.10. The molecule has 31 heavy (non-hydrogen) atoms. The van der Waals surface area contributed by atoms with Gasteiger partial charge < -0.3 is 18.7 Å². The molecule has 158 valence electrons. The molecule has 0 amide bonds. The quantitative estimate of drug-likeness (QED) is 0.464. The van der Waals surface area contributed by atoms with E-state index in [0.29, 0.717) is 39.7 Å². The Hall–Kier alpha value is -3.38. The first-order chi connectivity index (χ1) is 14.8. The first-order valence-electron chi connectivity index (χ1n) is 10.4. The van der Waals surface area contributed by atoms with Crippen LogP contribution in [0.1, 0.15) is 23.6 Å². The lowest BCUT2D eigenvalue weighted by atomic mass is 10.00. The Balaban J connectivity index is 1.63. The summed E-state index contributed by atoms with van der Waals surface area (Å²) < 4.78 is 11.8. The fraction of sp³-hybridized carbons (Fsp3) is 0.280. The smallest absolute Gasteiger partial charge is 0.181 e. The third-order valence-electron chi connectivity index (χ3n) is 6.21. The fourth-order valence-electron chi connectivity index (χ4n) is 4.63. The number of hydrogen-bond donors (Lipinski definition) is 0. The van der Waals surface area contributed by atoms with Crippen LogP contribution in [0.2, 0.25) is 0 Å². The van der Waals surface area contributed by atoms with E-state index in [4.69, 9.17) is 14.1 Å². The van der Waals surface area contributed by atoms with Crippen LogP contribution in [0.3, 0.4) is 0 Å². The third-order valence-corrected chi connectivity index (χ3v) is 6.21. The summed E-state index contributed by atoms with van der Waals surface area (Å²) in [6.07, 6.45) is 5.19. The lowest BCUT2D eigenvalue weighted by Gasteiger charge is -2.32. The molecule has 5 rings (SSSR count). The number of pyridine rings is 1. The number of ether oxygens (including phenoxy) is 1. The predicted octanol–water partition coefficient (Wildman–Crippen LogP) is 4.33. The molecule has 4 aromatic rings. The molecule has 2 aromatic carbocycles. The Kier molecular flexibility index (Phi) is 4.48. The monoisotopic (exact) mass is 415 g/mol. The molecule has 0 N–H and O–H groups in total. The van der Waals surface area contributed by atoms with Gasteiger partial charge >= 0.3 is 0 Å². The van der Waals surface area contributed by atoms with Crippen LogP contribution in [0.25, 0.3) is 33.5 Å². The van der Waals surface area contributed by atoms with Crippen LogP contribution in [-0.4, -0.2) is 42.7 Å². The molecule has 1 atom stereocenters. The summed E-state index contributed by atoms with van der Waals surface area (Å²) in [6, 6.07) is 12.1. The number of benzene rings is 2. The minimum atomic E-state index is -0.0768. The highest BCUT2D eigenvalue weighted by Gasteiger charge is 2.33. The second-order valence-corrected chi connectivity index (χ2v) is 9.03. The summed E-state index contributed by atoms with van der Waals surface area (Å²) in [5.74, 6) is 1.06. The molecule has 2 heterocycles. The molecule has 1 aliphatic rings. The number of aryl methyl sites for hydroxylation is 1. The van der Waals surface area contributed by atoms with Crippen molar-refractivity contribution in [2.45, 2.75) is 18.9 Å². The number of oxazole rings is 1. The topological polar surface area (TPSA) is 71.2 Å². The maximum absolute atomic E-state index is 13.0. The van der Waals surface area contributed by atoms with E-state index in [1.54, 1.807) is 31.5 Å². The maximum atomic E-state index is 13.0. The minimum Gasteiger partial charge on any atom is -0.872 e. The Bertz CT molecular complexity index is 1270. The van der Waals surface area contributed by atoms with E-state index in [1.807, 2.05) is 0 Å². The highest BCUT2D eigenvalue weighted by molar-refractivity contribution is 5.93. The van der Waals surface area contributed by atoms with Gasteiger partial charge in [0, 0.05) is 23.6 Å². The Morgan fingerprint density at radius 1 is 1.13 bits per heavy atom. The Morgan fingerprint density at radius 3 is 2.68 bits per heavy atom. The SMILES string of the molecule is COc1cc2nc(-c3ccc4c(c3)C([N+](C)(C)C)CC4)cc([O-])c2cc1-c1cnco1. The van der Waals surface area contributed by atoms with Crippen LogP contribution >= 0.6 is 0 Å². The maximum Gasteiger partial charge on any atom is 0.181 e.